The first-order chi connectivity index (χ1) is 9.59. The Labute approximate surface area is 120 Å². The maximum Gasteiger partial charge on any atom is 0.308 e. The van der Waals surface area contributed by atoms with E-state index in [0.717, 1.165) is 19.3 Å². The molecule has 3 rings (SSSR count). The molecule has 2 fully saturated rings. The van der Waals surface area contributed by atoms with E-state index in [1.807, 2.05) is 6.07 Å². The van der Waals surface area contributed by atoms with Crippen molar-refractivity contribution in [3.05, 3.63) is 35.9 Å². The number of hydrogen-bond donors (Lipinski definition) is 1. The number of nitrogens with zero attached hydrogens (tertiary/aromatic N) is 1. The molecule has 4 unspecified atom stereocenters. The van der Waals surface area contributed by atoms with Gasteiger partial charge in [-0.25, -0.2) is 0 Å². The number of carboxylic acid groups (broad SMARTS) is 1. The molecule has 20 heavy (non-hydrogen) atoms. The van der Waals surface area contributed by atoms with Gasteiger partial charge in [-0.3, -0.25) is 9.69 Å². The Hall–Kier alpha value is -1.35. The lowest BCUT2D eigenvalue weighted by Crippen LogP contribution is -2.38. The second-order valence-electron chi connectivity index (χ2n) is 6.53. The van der Waals surface area contributed by atoms with E-state index in [1.165, 1.54) is 5.56 Å². The SMILES string of the molecule is CC(C)C(c1ccccc1)N1C2CCC1C(C(=O)O)C2. The standard InChI is InChI=1S/C17H23NO2/c1-11(2)16(12-6-4-3-5-7-12)18-13-8-9-15(18)14(10-13)17(19)20/h3-7,11,13-16H,8-10H2,1-2H3,(H,19,20). The number of carbonyl (C=O) groups is 1. The molecule has 1 aromatic carbocycles. The normalized spacial score (nSPS) is 30.9. The number of hydrogen-bond acceptors (Lipinski definition) is 2. The van der Waals surface area contributed by atoms with E-state index in [4.69, 9.17) is 0 Å². The summed E-state index contributed by atoms with van der Waals surface area (Å²) in [6.07, 6.45) is 3.03. The third-order valence-electron chi connectivity index (χ3n) is 5.00. The molecular formula is C17H23NO2. The van der Waals surface area contributed by atoms with Gasteiger partial charge in [0.15, 0.2) is 0 Å². The predicted octanol–water partition coefficient (Wildman–Crippen LogP) is 3.32. The molecular weight excluding hydrogens is 250 g/mol. The number of rotatable bonds is 4. The monoisotopic (exact) mass is 273 g/mol. The van der Waals surface area contributed by atoms with Crippen molar-refractivity contribution in [1.82, 2.24) is 4.90 Å². The average Bonchev–Trinajstić information content (AvgIpc) is 2.98. The molecule has 0 aromatic heterocycles. The number of carboxylic acids is 1. The average molecular weight is 273 g/mol. The molecule has 1 aromatic rings. The Kier molecular flexibility index (Phi) is 3.55. The molecule has 2 heterocycles. The van der Waals surface area contributed by atoms with Crippen molar-refractivity contribution >= 4 is 5.97 Å². The summed E-state index contributed by atoms with van der Waals surface area (Å²) in [7, 11) is 0. The second-order valence-corrected chi connectivity index (χ2v) is 6.53. The highest BCUT2D eigenvalue weighted by Crippen LogP contribution is 2.48. The van der Waals surface area contributed by atoms with Crippen LogP contribution in [0.3, 0.4) is 0 Å². The largest absolute Gasteiger partial charge is 0.481 e. The van der Waals surface area contributed by atoms with E-state index in [2.05, 4.69) is 43.0 Å². The highest BCUT2D eigenvalue weighted by atomic mass is 16.4. The van der Waals surface area contributed by atoms with E-state index < -0.39 is 5.97 Å². The van der Waals surface area contributed by atoms with Crippen LogP contribution in [0.4, 0.5) is 0 Å². The van der Waals surface area contributed by atoms with E-state index in [0.29, 0.717) is 18.0 Å². The van der Waals surface area contributed by atoms with Crippen molar-refractivity contribution in [2.75, 3.05) is 0 Å². The van der Waals surface area contributed by atoms with Crippen LogP contribution < -0.4 is 0 Å². The predicted molar refractivity (Wildman–Crippen MR) is 78.4 cm³/mol. The van der Waals surface area contributed by atoms with Crippen molar-refractivity contribution in [2.45, 2.75) is 51.2 Å². The molecule has 108 valence electrons. The Bertz CT molecular complexity index is 485. The van der Waals surface area contributed by atoms with Gasteiger partial charge >= 0.3 is 5.97 Å². The van der Waals surface area contributed by atoms with Crippen molar-refractivity contribution in [1.29, 1.82) is 0 Å². The number of benzene rings is 1. The van der Waals surface area contributed by atoms with Crippen LogP contribution >= 0.6 is 0 Å². The maximum atomic E-state index is 11.4. The summed E-state index contributed by atoms with van der Waals surface area (Å²) >= 11 is 0. The Morgan fingerprint density at radius 2 is 1.95 bits per heavy atom. The minimum absolute atomic E-state index is 0.168. The third kappa shape index (κ3) is 2.14. The highest BCUT2D eigenvalue weighted by Gasteiger charge is 2.52. The van der Waals surface area contributed by atoms with Crippen LogP contribution in [0, 0.1) is 11.8 Å². The number of aliphatic carboxylic acids is 1. The fraction of sp³-hybridized carbons (Fsp3) is 0.588. The van der Waals surface area contributed by atoms with Crippen LogP contribution in [0.15, 0.2) is 30.3 Å². The molecule has 4 atom stereocenters. The lowest BCUT2D eigenvalue weighted by molar-refractivity contribution is -0.142. The maximum absolute atomic E-state index is 11.4. The molecule has 0 spiro atoms. The smallest absolute Gasteiger partial charge is 0.308 e. The fourth-order valence-electron chi connectivity index (χ4n) is 4.28. The van der Waals surface area contributed by atoms with E-state index in [1.54, 1.807) is 0 Å². The topological polar surface area (TPSA) is 40.5 Å². The summed E-state index contributed by atoms with van der Waals surface area (Å²) in [6.45, 7) is 4.48. The van der Waals surface area contributed by atoms with E-state index >= 15 is 0 Å². The zero-order valence-corrected chi connectivity index (χ0v) is 12.2. The Morgan fingerprint density at radius 3 is 2.50 bits per heavy atom. The van der Waals surface area contributed by atoms with Crippen LogP contribution in [0.5, 0.6) is 0 Å². The van der Waals surface area contributed by atoms with Gasteiger partial charge in [-0.1, -0.05) is 44.2 Å². The van der Waals surface area contributed by atoms with E-state index in [-0.39, 0.29) is 12.0 Å². The first-order valence-corrected chi connectivity index (χ1v) is 7.64. The fourth-order valence-corrected chi connectivity index (χ4v) is 4.28. The Morgan fingerprint density at radius 1 is 1.25 bits per heavy atom. The molecule has 3 nitrogen and oxygen atoms in total. The molecule has 0 aliphatic carbocycles. The first kappa shape index (κ1) is 13.6. The van der Waals surface area contributed by atoms with Gasteiger partial charge in [0.05, 0.1) is 5.92 Å². The van der Waals surface area contributed by atoms with Crippen molar-refractivity contribution in [3.8, 4) is 0 Å². The van der Waals surface area contributed by atoms with Gasteiger partial charge in [-0.15, -0.1) is 0 Å². The van der Waals surface area contributed by atoms with Crippen LogP contribution in [0.25, 0.3) is 0 Å². The summed E-state index contributed by atoms with van der Waals surface area (Å²) in [5, 5.41) is 9.42. The van der Waals surface area contributed by atoms with Gasteiger partial charge in [0.2, 0.25) is 0 Å². The molecule has 3 heteroatoms. The van der Waals surface area contributed by atoms with Crippen molar-refractivity contribution in [3.63, 3.8) is 0 Å². The van der Waals surface area contributed by atoms with Gasteiger partial charge in [-0.05, 0) is 30.7 Å². The van der Waals surface area contributed by atoms with Crippen LogP contribution in [-0.2, 0) is 4.79 Å². The summed E-state index contributed by atoms with van der Waals surface area (Å²) in [6, 6.07) is 11.6. The van der Waals surface area contributed by atoms with Crippen molar-refractivity contribution < 1.29 is 9.90 Å². The van der Waals surface area contributed by atoms with E-state index in [9.17, 15) is 9.90 Å². The molecule has 2 saturated heterocycles. The summed E-state index contributed by atoms with van der Waals surface area (Å²) in [5.41, 5.74) is 1.32. The molecule has 2 bridgehead atoms. The second kappa shape index (κ2) is 5.21. The molecule has 0 radical (unpaired) electrons. The van der Waals surface area contributed by atoms with Gasteiger partial charge in [0, 0.05) is 18.1 Å². The highest BCUT2D eigenvalue weighted by molar-refractivity contribution is 5.71. The minimum atomic E-state index is -0.613. The zero-order valence-electron chi connectivity index (χ0n) is 12.2. The summed E-state index contributed by atoms with van der Waals surface area (Å²) in [4.78, 5) is 14.0. The van der Waals surface area contributed by atoms with Crippen LogP contribution in [0.1, 0.15) is 44.7 Å². The van der Waals surface area contributed by atoms with Gasteiger partial charge < -0.3 is 5.11 Å². The molecule has 0 saturated carbocycles. The summed E-state index contributed by atoms with van der Waals surface area (Å²) < 4.78 is 0. The first-order valence-electron chi connectivity index (χ1n) is 7.64. The van der Waals surface area contributed by atoms with Crippen LogP contribution in [0.2, 0.25) is 0 Å². The lowest BCUT2D eigenvalue weighted by atomic mass is 9.89. The Balaban J connectivity index is 1.92. The van der Waals surface area contributed by atoms with Gasteiger partial charge in [-0.2, -0.15) is 0 Å². The summed E-state index contributed by atoms with van der Waals surface area (Å²) in [5.74, 6) is -0.287. The van der Waals surface area contributed by atoms with Crippen LogP contribution in [-0.4, -0.2) is 28.1 Å². The molecule has 2 aliphatic rings. The van der Waals surface area contributed by atoms with Gasteiger partial charge in [0.1, 0.15) is 0 Å². The zero-order chi connectivity index (χ0) is 14.3. The minimum Gasteiger partial charge on any atom is -0.481 e. The number of fused-ring (bicyclic) bond motifs is 2. The lowest BCUT2D eigenvalue weighted by Gasteiger charge is -2.35. The third-order valence-corrected chi connectivity index (χ3v) is 5.00. The van der Waals surface area contributed by atoms with Crippen molar-refractivity contribution in [2.24, 2.45) is 11.8 Å². The van der Waals surface area contributed by atoms with Gasteiger partial charge in [0.25, 0.3) is 0 Å². The molecule has 2 aliphatic heterocycles. The molecule has 1 N–H and O–H groups in total. The quantitative estimate of drug-likeness (QED) is 0.915. The molecule has 0 amide bonds.